The van der Waals surface area contributed by atoms with Crippen molar-refractivity contribution in [2.24, 2.45) is 0 Å². The third kappa shape index (κ3) is 2.59. The van der Waals surface area contributed by atoms with Gasteiger partial charge in [0, 0.05) is 0 Å². The maximum atomic E-state index is 9.46. The Morgan fingerprint density at radius 1 is 0.818 bits per heavy atom. The zero-order valence-electron chi connectivity index (χ0n) is 11.8. The van der Waals surface area contributed by atoms with Crippen molar-refractivity contribution < 1.29 is 0 Å². The summed E-state index contributed by atoms with van der Waals surface area (Å²) < 4.78 is 0. The van der Waals surface area contributed by atoms with Gasteiger partial charge in [0.2, 0.25) is 0 Å². The molecule has 0 aliphatic rings. The highest BCUT2D eigenvalue weighted by molar-refractivity contribution is 5.98. The standard InChI is InChI=1S/C20H12N2/c21-13-15-8-10-16(11-9-15)19(14-22)12-18-6-3-5-17-4-1-2-7-20(17)18/h1-12H/b19-12-. The van der Waals surface area contributed by atoms with E-state index in [2.05, 4.69) is 30.3 Å². The normalized spacial score (nSPS) is 10.9. The largest absolute Gasteiger partial charge is 0.192 e. The van der Waals surface area contributed by atoms with Gasteiger partial charge in [-0.05, 0) is 40.1 Å². The summed E-state index contributed by atoms with van der Waals surface area (Å²) in [5, 5.41) is 20.6. The molecule has 0 bridgehead atoms. The quantitative estimate of drug-likeness (QED) is 0.501. The zero-order valence-corrected chi connectivity index (χ0v) is 11.8. The Balaban J connectivity index is 2.11. The molecule has 0 atom stereocenters. The lowest BCUT2D eigenvalue weighted by Crippen LogP contribution is -1.84. The van der Waals surface area contributed by atoms with Gasteiger partial charge >= 0.3 is 0 Å². The van der Waals surface area contributed by atoms with Crippen molar-refractivity contribution in [3.63, 3.8) is 0 Å². The van der Waals surface area contributed by atoms with Crippen molar-refractivity contribution >= 4 is 22.4 Å². The van der Waals surface area contributed by atoms with E-state index in [0.29, 0.717) is 11.1 Å². The van der Waals surface area contributed by atoms with Crippen LogP contribution in [0.3, 0.4) is 0 Å². The summed E-state index contributed by atoms with van der Waals surface area (Å²) in [5.41, 5.74) is 3.00. The van der Waals surface area contributed by atoms with E-state index in [1.807, 2.05) is 30.3 Å². The lowest BCUT2D eigenvalue weighted by molar-refractivity contribution is 1.47. The molecule has 2 heteroatoms. The van der Waals surface area contributed by atoms with Gasteiger partial charge < -0.3 is 0 Å². The van der Waals surface area contributed by atoms with E-state index in [1.165, 1.54) is 0 Å². The molecule has 3 aromatic rings. The number of hydrogen-bond acceptors (Lipinski definition) is 2. The van der Waals surface area contributed by atoms with Crippen LogP contribution in [0.4, 0.5) is 0 Å². The molecule has 0 aliphatic heterocycles. The van der Waals surface area contributed by atoms with Crippen molar-refractivity contribution in [1.29, 1.82) is 10.5 Å². The number of benzene rings is 3. The molecule has 0 saturated heterocycles. The second kappa shape index (κ2) is 5.95. The first kappa shape index (κ1) is 13.6. The molecule has 0 heterocycles. The third-order valence-corrected chi connectivity index (χ3v) is 3.57. The van der Waals surface area contributed by atoms with Gasteiger partial charge in [-0.2, -0.15) is 10.5 Å². The predicted molar refractivity (Wildman–Crippen MR) is 88.6 cm³/mol. The fourth-order valence-electron chi connectivity index (χ4n) is 2.44. The van der Waals surface area contributed by atoms with Crippen LogP contribution in [0.5, 0.6) is 0 Å². The van der Waals surface area contributed by atoms with Crippen molar-refractivity contribution in [3.8, 4) is 12.1 Å². The molecule has 0 amide bonds. The fourth-order valence-corrected chi connectivity index (χ4v) is 2.44. The Bertz CT molecular complexity index is 931. The van der Waals surface area contributed by atoms with Gasteiger partial charge in [-0.25, -0.2) is 0 Å². The van der Waals surface area contributed by atoms with E-state index >= 15 is 0 Å². The van der Waals surface area contributed by atoms with Gasteiger partial charge in [0.05, 0.1) is 23.3 Å². The molecule has 2 nitrogen and oxygen atoms in total. The van der Waals surface area contributed by atoms with Crippen molar-refractivity contribution in [2.45, 2.75) is 0 Å². The van der Waals surface area contributed by atoms with E-state index in [9.17, 15) is 5.26 Å². The fraction of sp³-hybridized carbons (Fsp3) is 0. The highest BCUT2D eigenvalue weighted by atomic mass is 14.3. The summed E-state index contributed by atoms with van der Waals surface area (Å²) >= 11 is 0. The zero-order chi connectivity index (χ0) is 15.4. The Morgan fingerprint density at radius 3 is 2.27 bits per heavy atom. The Hall–Kier alpha value is -3.36. The minimum Gasteiger partial charge on any atom is -0.192 e. The molecule has 3 aromatic carbocycles. The molecule has 0 aliphatic carbocycles. The van der Waals surface area contributed by atoms with Crippen LogP contribution in [0.25, 0.3) is 22.4 Å². The summed E-state index contributed by atoms with van der Waals surface area (Å²) in [6.45, 7) is 0. The number of fused-ring (bicyclic) bond motifs is 1. The highest BCUT2D eigenvalue weighted by Gasteiger charge is 2.03. The van der Waals surface area contributed by atoms with E-state index in [-0.39, 0.29) is 0 Å². The third-order valence-electron chi connectivity index (χ3n) is 3.57. The second-order valence-electron chi connectivity index (χ2n) is 4.93. The first-order chi connectivity index (χ1) is 10.8. The molecule has 0 saturated carbocycles. The van der Waals surface area contributed by atoms with Gasteiger partial charge in [-0.1, -0.05) is 54.6 Å². The van der Waals surface area contributed by atoms with Crippen LogP contribution in [0.1, 0.15) is 16.7 Å². The van der Waals surface area contributed by atoms with Crippen LogP contribution in [-0.2, 0) is 0 Å². The number of nitriles is 2. The van der Waals surface area contributed by atoms with E-state index in [1.54, 1.807) is 24.3 Å². The number of nitrogens with zero attached hydrogens (tertiary/aromatic N) is 2. The molecular formula is C20H12N2. The van der Waals surface area contributed by atoms with Crippen molar-refractivity contribution in [2.75, 3.05) is 0 Å². The van der Waals surface area contributed by atoms with Crippen molar-refractivity contribution in [3.05, 3.63) is 83.4 Å². The highest BCUT2D eigenvalue weighted by Crippen LogP contribution is 2.24. The van der Waals surface area contributed by atoms with Gasteiger partial charge in [0.25, 0.3) is 0 Å². The van der Waals surface area contributed by atoms with Crippen molar-refractivity contribution in [1.82, 2.24) is 0 Å². The molecule has 0 fully saturated rings. The summed E-state index contributed by atoms with van der Waals surface area (Å²) in [6, 6.07) is 25.5. The molecule has 3 rings (SSSR count). The van der Waals surface area contributed by atoms with E-state index in [4.69, 9.17) is 5.26 Å². The monoisotopic (exact) mass is 280 g/mol. The summed E-state index contributed by atoms with van der Waals surface area (Å²) in [6.07, 6.45) is 1.89. The average molecular weight is 280 g/mol. The first-order valence-corrected chi connectivity index (χ1v) is 6.92. The van der Waals surface area contributed by atoms with Crippen LogP contribution < -0.4 is 0 Å². The molecule has 0 N–H and O–H groups in total. The molecule has 102 valence electrons. The maximum absolute atomic E-state index is 9.46. The van der Waals surface area contributed by atoms with E-state index < -0.39 is 0 Å². The SMILES string of the molecule is N#C/C(=C/c1cccc2ccccc12)c1ccc(C#N)cc1. The van der Waals surface area contributed by atoms with Gasteiger partial charge in [-0.3, -0.25) is 0 Å². The Morgan fingerprint density at radius 2 is 1.55 bits per heavy atom. The minimum atomic E-state index is 0.584. The van der Waals surface area contributed by atoms with Gasteiger partial charge in [0.15, 0.2) is 0 Å². The Kier molecular flexibility index (Phi) is 3.69. The lowest BCUT2D eigenvalue weighted by atomic mass is 9.99. The Labute approximate surface area is 129 Å². The second-order valence-corrected chi connectivity index (χ2v) is 4.93. The number of rotatable bonds is 2. The van der Waals surface area contributed by atoms with Gasteiger partial charge in [0.1, 0.15) is 0 Å². The van der Waals surface area contributed by atoms with E-state index in [0.717, 1.165) is 21.9 Å². The predicted octanol–water partition coefficient (Wildman–Crippen LogP) is 4.78. The molecule has 0 spiro atoms. The topological polar surface area (TPSA) is 47.6 Å². The molecular weight excluding hydrogens is 268 g/mol. The van der Waals surface area contributed by atoms with Crippen LogP contribution >= 0.6 is 0 Å². The lowest BCUT2D eigenvalue weighted by Gasteiger charge is -2.04. The summed E-state index contributed by atoms with van der Waals surface area (Å²) in [5.74, 6) is 0. The first-order valence-electron chi connectivity index (χ1n) is 6.92. The van der Waals surface area contributed by atoms with Crippen LogP contribution in [0, 0.1) is 22.7 Å². The molecule has 0 aromatic heterocycles. The summed E-state index contributed by atoms with van der Waals surface area (Å²) in [7, 11) is 0. The molecule has 22 heavy (non-hydrogen) atoms. The maximum Gasteiger partial charge on any atom is 0.0998 e. The van der Waals surface area contributed by atoms with Crippen LogP contribution in [0.15, 0.2) is 66.7 Å². The average Bonchev–Trinajstić information content (AvgIpc) is 2.60. The number of allylic oxidation sites excluding steroid dienone is 1. The van der Waals surface area contributed by atoms with Gasteiger partial charge in [-0.15, -0.1) is 0 Å². The molecule has 0 unspecified atom stereocenters. The smallest absolute Gasteiger partial charge is 0.0998 e. The van der Waals surface area contributed by atoms with Crippen LogP contribution in [0.2, 0.25) is 0 Å². The number of hydrogen-bond donors (Lipinski definition) is 0. The summed E-state index contributed by atoms with van der Waals surface area (Å²) in [4.78, 5) is 0. The molecule has 0 radical (unpaired) electrons. The van der Waals surface area contributed by atoms with Crippen LogP contribution in [-0.4, -0.2) is 0 Å². The minimum absolute atomic E-state index is 0.584.